The van der Waals surface area contributed by atoms with E-state index in [0.29, 0.717) is 22.3 Å². The lowest BCUT2D eigenvalue weighted by molar-refractivity contribution is -0.137. The number of nitrogens with one attached hydrogen (secondary N) is 4. The normalized spacial score (nSPS) is 11.7. The number of aromatic nitrogens is 1. The Bertz CT molecular complexity index is 1440. The van der Waals surface area contributed by atoms with Crippen molar-refractivity contribution in [1.29, 1.82) is 5.41 Å². The lowest BCUT2D eigenvalue weighted by Crippen LogP contribution is -2.19. The molecule has 0 spiro atoms. The van der Waals surface area contributed by atoms with Gasteiger partial charge in [0.2, 0.25) is 0 Å². The second-order valence-electron chi connectivity index (χ2n) is 7.65. The number of para-hydroxylation sites is 1. The van der Waals surface area contributed by atoms with Gasteiger partial charge in [-0.3, -0.25) is 4.79 Å². The summed E-state index contributed by atoms with van der Waals surface area (Å²) in [5, 5.41) is 13.9. The van der Waals surface area contributed by atoms with E-state index in [4.69, 9.17) is 5.41 Å². The van der Waals surface area contributed by atoms with Gasteiger partial charge in [-0.2, -0.15) is 13.2 Å². The average Bonchev–Trinajstić information content (AvgIpc) is 3.20. The number of hydrogen-bond acceptors (Lipinski definition) is 3. The zero-order valence-electron chi connectivity index (χ0n) is 18.4. The molecule has 1 heterocycles. The third-order valence-corrected chi connectivity index (χ3v) is 5.37. The Labute approximate surface area is 198 Å². The Kier molecular flexibility index (Phi) is 6.42. The topological polar surface area (TPSA) is 80.8 Å². The van der Waals surface area contributed by atoms with Crippen LogP contribution in [0.25, 0.3) is 22.2 Å². The number of halogens is 4. The summed E-state index contributed by atoms with van der Waals surface area (Å²) in [7, 11) is 1.52. The van der Waals surface area contributed by atoms with E-state index < -0.39 is 40.3 Å². The standard InChI is InChI=1S/C26H20F4N4O/c1-32-12-11-21(31)17-13-18(20(27)14-19(17)26(28,29)30)25(35)34-24-16-9-5-6-10-22(16)33-23(24)15-7-3-2-4-8-15/h2-14,31-33H,1H3,(H,34,35)/b12-11-,31-21?. The Balaban J connectivity index is 1.81. The van der Waals surface area contributed by atoms with Gasteiger partial charge >= 0.3 is 6.18 Å². The van der Waals surface area contributed by atoms with E-state index in [1.165, 1.54) is 13.2 Å². The minimum absolute atomic E-state index is 0.249. The third kappa shape index (κ3) is 4.79. The highest BCUT2D eigenvalue weighted by atomic mass is 19.4. The maximum absolute atomic E-state index is 14.8. The van der Waals surface area contributed by atoms with Crippen molar-refractivity contribution in [3.05, 3.63) is 102 Å². The van der Waals surface area contributed by atoms with Crippen molar-refractivity contribution in [2.45, 2.75) is 6.18 Å². The van der Waals surface area contributed by atoms with Crippen LogP contribution in [-0.4, -0.2) is 23.7 Å². The lowest BCUT2D eigenvalue weighted by Gasteiger charge is -2.15. The van der Waals surface area contributed by atoms with E-state index in [2.05, 4.69) is 15.6 Å². The smallest absolute Gasteiger partial charge is 0.394 e. The summed E-state index contributed by atoms with van der Waals surface area (Å²) < 4.78 is 55.5. The molecule has 1 aromatic heterocycles. The Morgan fingerprint density at radius 3 is 2.37 bits per heavy atom. The van der Waals surface area contributed by atoms with Gasteiger partial charge in [-0.1, -0.05) is 48.5 Å². The summed E-state index contributed by atoms with van der Waals surface area (Å²) in [6, 6.07) is 17.3. The highest BCUT2D eigenvalue weighted by molar-refractivity contribution is 6.14. The SMILES string of the molecule is CN/C=C\C(=N)c1cc(C(=O)Nc2c(-c3ccccc3)[nH]c3ccccc23)c(F)cc1C(F)(F)F. The number of benzene rings is 3. The first-order valence-electron chi connectivity index (χ1n) is 10.5. The fraction of sp³-hybridized carbons (Fsp3) is 0.0769. The molecule has 0 fully saturated rings. The molecule has 0 unspecified atom stereocenters. The molecule has 178 valence electrons. The number of hydrogen-bond donors (Lipinski definition) is 4. The maximum atomic E-state index is 14.8. The minimum atomic E-state index is -4.91. The van der Waals surface area contributed by atoms with Crippen LogP contribution < -0.4 is 10.6 Å². The largest absolute Gasteiger partial charge is 0.417 e. The first kappa shape index (κ1) is 23.7. The second-order valence-corrected chi connectivity index (χ2v) is 7.65. The van der Waals surface area contributed by atoms with Crippen molar-refractivity contribution in [1.82, 2.24) is 10.3 Å². The van der Waals surface area contributed by atoms with E-state index in [-0.39, 0.29) is 6.07 Å². The average molecular weight is 480 g/mol. The summed E-state index contributed by atoms with van der Waals surface area (Å²) in [6.45, 7) is 0. The van der Waals surface area contributed by atoms with Crippen LogP contribution >= 0.6 is 0 Å². The molecule has 0 atom stereocenters. The molecule has 0 aliphatic rings. The number of H-pyrrole nitrogens is 1. The van der Waals surface area contributed by atoms with E-state index in [0.717, 1.165) is 17.7 Å². The van der Waals surface area contributed by atoms with Gasteiger partial charge in [-0.05, 0) is 30.5 Å². The molecule has 0 aliphatic heterocycles. The molecule has 0 radical (unpaired) electrons. The summed E-state index contributed by atoms with van der Waals surface area (Å²) in [4.78, 5) is 16.4. The molecule has 0 aliphatic carbocycles. The zero-order chi connectivity index (χ0) is 25.2. The van der Waals surface area contributed by atoms with Crippen molar-refractivity contribution in [3.8, 4) is 11.3 Å². The van der Waals surface area contributed by atoms with Gasteiger partial charge in [0.1, 0.15) is 5.82 Å². The molecule has 0 saturated carbocycles. The first-order valence-corrected chi connectivity index (χ1v) is 10.5. The molecule has 0 saturated heterocycles. The van der Waals surface area contributed by atoms with Crippen molar-refractivity contribution >= 4 is 28.2 Å². The minimum Gasteiger partial charge on any atom is -0.394 e. The molecule has 4 aromatic rings. The maximum Gasteiger partial charge on any atom is 0.417 e. The van der Waals surface area contributed by atoms with Gasteiger partial charge in [0, 0.05) is 29.1 Å². The molecule has 3 aromatic carbocycles. The number of alkyl halides is 3. The number of fused-ring (bicyclic) bond motifs is 1. The van der Waals surface area contributed by atoms with Crippen LogP contribution in [0.2, 0.25) is 0 Å². The predicted octanol–water partition coefficient (Wildman–Crippen LogP) is 6.35. The molecule has 1 amide bonds. The predicted molar refractivity (Wildman–Crippen MR) is 128 cm³/mol. The van der Waals surface area contributed by atoms with Crippen LogP contribution in [0.15, 0.2) is 79.0 Å². The Morgan fingerprint density at radius 2 is 1.69 bits per heavy atom. The molecular weight excluding hydrogens is 460 g/mol. The van der Waals surface area contributed by atoms with Crippen molar-refractivity contribution < 1.29 is 22.4 Å². The third-order valence-electron chi connectivity index (χ3n) is 5.37. The molecule has 4 rings (SSSR count). The molecule has 35 heavy (non-hydrogen) atoms. The fourth-order valence-electron chi connectivity index (χ4n) is 3.74. The van der Waals surface area contributed by atoms with Crippen molar-refractivity contribution in [3.63, 3.8) is 0 Å². The van der Waals surface area contributed by atoms with Gasteiger partial charge in [0.25, 0.3) is 5.91 Å². The van der Waals surface area contributed by atoms with E-state index in [9.17, 15) is 22.4 Å². The highest BCUT2D eigenvalue weighted by Gasteiger charge is 2.36. The van der Waals surface area contributed by atoms with Gasteiger partial charge in [0.05, 0.1) is 28.2 Å². The Hall–Kier alpha value is -4.40. The van der Waals surface area contributed by atoms with Crippen LogP contribution in [0.5, 0.6) is 0 Å². The fourth-order valence-corrected chi connectivity index (χ4v) is 3.74. The second kappa shape index (κ2) is 9.46. The number of allylic oxidation sites excluding steroid dienone is 1. The van der Waals surface area contributed by atoms with Crippen LogP contribution in [0.3, 0.4) is 0 Å². The van der Waals surface area contributed by atoms with E-state index in [1.807, 2.05) is 42.5 Å². The number of amides is 1. The van der Waals surface area contributed by atoms with Crippen LogP contribution in [0.1, 0.15) is 21.5 Å². The van der Waals surface area contributed by atoms with Gasteiger partial charge in [-0.25, -0.2) is 4.39 Å². The van der Waals surface area contributed by atoms with Gasteiger partial charge < -0.3 is 21.0 Å². The lowest BCUT2D eigenvalue weighted by atomic mass is 9.98. The molecule has 0 bridgehead atoms. The molecular formula is C26H20F4N4O. The summed E-state index contributed by atoms with van der Waals surface area (Å²) in [5.41, 5.74) is -0.689. The number of aromatic amines is 1. The Morgan fingerprint density at radius 1 is 1.00 bits per heavy atom. The number of carbonyl (C=O) groups is 1. The van der Waals surface area contributed by atoms with E-state index >= 15 is 0 Å². The van der Waals surface area contributed by atoms with Crippen molar-refractivity contribution in [2.24, 2.45) is 0 Å². The van der Waals surface area contributed by atoms with Crippen molar-refractivity contribution in [2.75, 3.05) is 12.4 Å². The summed E-state index contributed by atoms with van der Waals surface area (Å²) in [5.74, 6) is -2.28. The van der Waals surface area contributed by atoms with Gasteiger partial charge in [-0.15, -0.1) is 0 Å². The first-order chi connectivity index (χ1) is 16.7. The van der Waals surface area contributed by atoms with Crippen LogP contribution in [-0.2, 0) is 6.18 Å². The highest BCUT2D eigenvalue weighted by Crippen LogP contribution is 2.37. The number of carbonyl (C=O) groups excluding carboxylic acids is 1. The summed E-state index contributed by atoms with van der Waals surface area (Å²) >= 11 is 0. The molecule has 9 heteroatoms. The van der Waals surface area contributed by atoms with E-state index in [1.54, 1.807) is 12.1 Å². The monoisotopic (exact) mass is 480 g/mol. The number of anilines is 1. The van der Waals surface area contributed by atoms with Crippen LogP contribution in [0, 0.1) is 11.2 Å². The van der Waals surface area contributed by atoms with Gasteiger partial charge in [0.15, 0.2) is 0 Å². The quantitative estimate of drug-likeness (QED) is 0.192. The molecule has 5 nitrogen and oxygen atoms in total. The van der Waals surface area contributed by atoms with Crippen LogP contribution in [0.4, 0.5) is 23.2 Å². The zero-order valence-corrected chi connectivity index (χ0v) is 18.4. The summed E-state index contributed by atoms with van der Waals surface area (Å²) in [6.07, 6.45) is -2.55. The molecule has 4 N–H and O–H groups in total. The number of rotatable bonds is 6.